The molecule has 2 heteroatoms. The van der Waals surface area contributed by atoms with Crippen molar-refractivity contribution < 1.29 is 0 Å². The maximum Gasteiger partial charge on any atom is 0.00108 e. The molecule has 0 aromatic rings. The van der Waals surface area contributed by atoms with Crippen LogP contribution in [0.15, 0.2) is 0 Å². The zero-order valence-electron chi connectivity index (χ0n) is 9.63. The molecule has 0 aromatic carbocycles. The second kappa shape index (κ2) is 4.63. The molecule has 0 amide bonds. The topological polar surface area (TPSA) is 15.3 Å². The van der Waals surface area contributed by atoms with Crippen LogP contribution in [0.5, 0.6) is 0 Å². The molecule has 0 saturated carbocycles. The van der Waals surface area contributed by atoms with Gasteiger partial charge in [0.2, 0.25) is 0 Å². The van der Waals surface area contributed by atoms with E-state index in [0.29, 0.717) is 0 Å². The van der Waals surface area contributed by atoms with Gasteiger partial charge in [0.25, 0.3) is 0 Å². The molecule has 0 bridgehead atoms. The lowest BCUT2D eigenvalue weighted by Gasteiger charge is -2.27. The Labute approximate surface area is 88.1 Å². The Morgan fingerprint density at radius 3 is 2.21 bits per heavy atom. The number of nitrogens with zero attached hydrogens (tertiary/aromatic N) is 1. The summed E-state index contributed by atoms with van der Waals surface area (Å²) in [6, 6.07) is 0. The van der Waals surface area contributed by atoms with Gasteiger partial charge in [-0.15, -0.1) is 0 Å². The van der Waals surface area contributed by atoms with Crippen LogP contribution in [0.4, 0.5) is 0 Å². The minimum absolute atomic E-state index is 0.914. The van der Waals surface area contributed by atoms with Gasteiger partial charge in [-0.25, -0.2) is 0 Å². The van der Waals surface area contributed by atoms with Gasteiger partial charge in [0.1, 0.15) is 0 Å². The minimum atomic E-state index is 0.914. The molecule has 0 aliphatic carbocycles. The number of nitrogens with one attached hydrogen (secondary N) is 1. The predicted octanol–water partition coefficient (Wildman–Crippen LogP) is 1.57. The molecule has 2 atom stereocenters. The van der Waals surface area contributed by atoms with Gasteiger partial charge in [-0.2, -0.15) is 0 Å². The molecule has 2 aliphatic rings. The van der Waals surface area contributed by atoms with Gasteiger partial charge in [0.15, 0.2) is 0 Å². The van der Waals surface area contributed by atoms with E-state index in [-0.39, 0.29) is 0 Å². The molecule has 2 nitrogen and oxygen atoms in total. The van der Waals surface area contributed by atoms with Crippen LogP contribution in [0.2, 0.25) is 0 Å². The predicted molar refractivity (Wildman–Crippen MR) is 60.4 cm³/mol. The molecule has 2 aliphatic heterocycles. The SMILES string of the molecule is CC1CN(CC2CCNCC2)CC1C. The van der Waals surface area contributed by atoms with Crippen molar-refractivity contribution in [3.63, 3.8) is 0 Å². The van der Waals surface area contributed by atoms with Gasteiger partial charge >= 0.3 is 0 Å². The van der Waals surface area contributed by atoms with Gasteiger partial charge in [-0.3, -0.25) is 0 Å². The first-order valence-electron chi connectivity index (χ1n) is 6.19. The van der Waals surface area contributed by atoms with Crippen molar-refractivity contribution in [3.05, 3.63) is 0 Å². The lowest BCUT2D eigenvalue weighted by atomic mass is 9.98. The molecular formula is C12H24N2. The summed E-state index contributed by atoms with van der Waals surface area (Å²) in [6.07, 6.45) is 2.78. The quantitative estimate of drug-likeness (QED) is 0.721. The molecule has 0 spiro atoms. The van der Waals surface area contributed by atoms with E-state index in [1.165, 1.54) is 45.6 Å². The molecular weight excluding hydrogens is 172 g/mol. The molecule has 2 rings (SSSR count). The van der Waals surface area contributed by atoms with E-state index in [1.54, 1.807) is 0 Å². The van der Waals surface area contributed by atoms with E-state index < -0.39 is 0 Å². The average Bonchev–Trinajstić information content (AvgIpc) is 2.47. The first kappa shape index (κ1) is 10.4. The van der Waals surface area contributed by atoms with E-state index in [9.17, 15) is 0 Å². The Morgan fingerprint density at radius 2 is 1.64 bits per heavy atom. The largest absolute Gasteiger partial charge is 0.317 e. The Balaban J connectivity index is 1.74. The molecule has 0 radical (unpaired) electrons. The third-order valence-electron chi connectivity index (χ3n) is 4.04. The Bertz CT molecular complexity index is 165. The highest BCUT2D eigenvalue weighted by molar-refractivity contribution is 4.81. The van der Waals surface area contributed by atoms with E-state index in [2.05, 4.69) is 24.1 Å². The summed E-state index contributed by atoms with van der Waals surface area (Å²) in [4.78, 5) is 2.69. The Hall–Kier alpha value is -0.0800. The highest BCUT2D eigenvalue weighted by atomic mass is 15.2. The molecule has 82 valence electrons. The monoisotopic (exact) mass is 196 g/mol. The van der Waals surface area contributed by atoms with Crippen molar-refractivity contribution in [2.24, 2.45) is 17.8 Å². The first-order valence-corrected chi connectivity index (χ1v) is 6.19. The van der Waals surface area contributed by atoms with Crippen molar-refractivity contribution in [3.8, 4) is 0 Å². The standard InChI is InChI=1S/C12H24N2/c1-10-7-14(8-11(10)2)9-12-3-5-13-6-4-12/h10-13H,3-9H2,1-2H3. The Morgan fingerprint density at radius 1 is 1.07 bits per heavy atom. The smallest absolute Gasteiger partial charge is 0.00108 e. The third kappa shape index (κ3) is 2.48. The van der Waals surface area contributed by atoms with Gasteiger partial charge in [0.05, 0.1) is 0 Å². The minimum Gasteiger partial charge on any atom is -0.317 e. The number of hydrogen-bond donors (Lipinski definition) is 1. The number of hydrogen-bond acceptors (Lipinski definition) is 2. The van der Waals surface area contributed by atoms with E-state index in [1.807, 2.05) is 0 Å². The summed E-state index contributed by atoms with van der Waals surface area (Å²) in [7, 11) is 0. The van der Waals surface area contributed by atoms with Crippen molar-refractivity contribution in [1.82, 2.24) is 10.2 Å². The van der Waals surface area contributed by atoms with Crippen molar-refractivity contribution in [2.75, 3.05) is 32.7 Å². The van der Waals surface area contributed by atoms with E-state index >= 15 is 0 Å². The molecule has 2 unspecified atom stereocenters. The van der Waals surface area contributed by atoms with Crippen LogP contribution in [0.1, 0.15) is 26.7 Å². The molecule has 2 heterocycles. The third-order valence-corrected chi connectivity index (χ3v) is 4.04. The van der Waals surface area contributed by atoms with E-state index in [4.69, 9.17) is 0 Å². The summed E-state index contributed by atoms with van der Waals surface area (Å²) in [5.41, 5.74) is 0. The summed E-state index contributed by atoms with van der Waals surface area (Å²) in [6.45, 7) is 11.3. The summed E-state index contributed by atoms with van der Waals surface area (Å²) in [5.74, 6) is 2.79. The lowest BCUT2D eigenvalue weighted by molar-refractivity contribution is 0.233. The second-order valence-electron chi connectivity index (χ2n) is 5.37. The van der Waals surface area contributed by atoms with Gasteiger partial charge in [-0.1, -0.05) is 13.8 Å². The maximum absolute atomic E-state index is 3.44. The lowest BCUT2D eigenvalue weighted by Crippen LogP contribution is -2.35. The summed E-state index contributed by atoms with van der Waals surface area (Å²) in [5, 5.41) is 3.44. The van der Waals surface area contributed by atoms with Crippen LogP contribution in [0.25, 0.3) is 0 Å². The van der Waals surface area contributed by atoms with Gasteiger partial charge in [0, 0.05) is 19.6 Å². The zero-order chi connectivity index (χ0) is 9.97. The van der Waals surface area contributed by atoms with Crippen LogP contribution in [-0.4, -0.2) is 37.6 Å². The van der Waals surface area contributed by atoms with Gasteiger partial charge in [-0.05, 0) is 43.7 Å². The fourth-order valence-electron chi connectivity index (χ4n) is 2.83. The van der Waals surface area contributed by atoms with E-state index in [0.717, 1.165) is 17.8 Å². The van der Waals surface area contributed by atoms with Crippen LogP contribution >= 0.6 is 0 Å². The number of piperidine rings is 1. The van der Waals surface area contributed by atoms with Crippen molar-refractivity contribution in [2.45, 2.75) is 26.7 Å². The zero-order valence-corrected chi connectivity index (χ0v) is 9.63. The Kier molecular flexibility index (Phi) is 3.45. The van der Waals surface area contributed by atoms with Gasteiger partial charge < -0.3 is 10.2 Å². The van der Waals surface area contributed by atoms with Crippen LogP contribution < -0.4 is 5.32 Å². The highest BCUT2D eigenvalue weighted by Gasteiger charge is 2.27. The van der Waals surface area contributed by atoms with Crippen LogP contribution in [0.3, 0.4) is 0 Å². The fraction of sp³-hybridized carbons (Fsp3) is 1.00. The first-order chi connectivity index (χ1) is 6.75. The van der Waals surface area contributed by atoms with Crippen molar-refractivity contribution in [1.29, 1.82) is 0 Å². The van der Waals surface area contributed by atoms with Crippen molar-refractivity contribution >= 4 is 0 Å². The molecule has 2 saturated heterocycles. The summed E-state index contributed by atoms with van der Waals surface area (Å²) < 4.78 is 0. The summed E-state index contributed by atoms with van der Waals surface area (Å²) >= 11 is 0. The maximum atomic E-state index is 3.44. The molecule has 1 N–H and O–H groups in total. The van der Waals surface area contributed by atoms with Crippen LogP contribution in [0, 0.1) is 17.8 Å². The van der Waals surface area contributed by atoms with Crippen LogP contribution in [-0.2, 0) is 0 Å². The molecule has 14 heavy (non-hydrogen) atoms. The normalized spacial score (nSPS) is 36.4. The average molecular weight is 196 g/mol. The molecule has 2 fully saturated rings. The molecule has 0 aromatic heterocycles. The second-order valence-corrected chi connectivity index (χ2v) is 5.37. The number of likely N-dealkylation sites (tertiary alicyclic amines) is 1. The number of rotatable bonds is 2. The fourth-order valence-corrected chi connectivity index (χ4v) is 2.83. The highest BCUT2D eigenvalue weighted by Crippen LogP contribution is 2.24.